The second-order valence-electron chi connectivity index (χ2n) is 10.6. The standard InChI is InChI=1S/C36H38N2O4S2/c1-5-9-19-37-34(39)31(35(40)38(37)20-10-6-2)36-43-32-29(41-23-27-15-11-13-25(7-3)21-27)17-18-30(33(32)44-36)42-24-28-16-12-14-26(8-4)22-28/h7-8,11-18,21-22H,3-6,9-10,19-20,23-24H2,1-2H3. The third kappa shape index (κ3) is 6.92. The van der Waals surface area contributed by atoms with Crippen LogP contribution in [-0.2, 0) is 22.8 Å². The van der Waals surface area contributed by atoms with Gasteiger partial charge in [-0.1, -0.05) is 112 Å². The first kappa shape index (κ1) is 31.5. The second kappa shape index (κ2) is 14.7. The first-order valence-electron chi connectivity index (χ1n) is 15.1. The maximum atomic E-state index is 13.7. The van der Waals surface area contributed by atoms with Crippen molar-refractivity contribution in [3.63, 3.8) is 0 Å². The highest BCUT2D eigenvalue weighted by Gasteiger charge is 2.44. The van der Waals surface area contributed by atoms with E-state index in [4.69, 9.17) is 9.47 Å². The summed E-state index contributed by atoms with van der Waals surface area (Å²) in [4.78, 5) is 29.2. The number of carbonyl (C=O) groups is 2. The minimum Gasteiger partial charge on any atom is -0.488 e. The zero-order valence-corrected chi connectivity index (χ0v) is 27.0. The van der Waals surface area contributed by atoms with E-state index >= 15 is 0 Å². The molecule has 2 heterocycles. The van der Waals surface area contributed by atoms with E-state index in [-0.39, 0.29) is 17.4 Å². The van der Waals surface area contributed by atoms with Crippen LogP contribution in [0.5, 0.6) is 11.5 Å². The molecule has 1 saturated heterocycles. The Morgan fingerprint density at radius 3 is 1.57 bits per heavy atom. The Balaban J connectivity index is 1.47. The smallest absolute Gasteiger partial charge is 0.279 e. The Labute approximate surface area is 268 Å². The number of carbonyl (C=O) groups excluding carboxylic acids is 2. The van der Waals surface area contributed by atoms with Gasteiger partial charge in [-0.25, -0.2) is 10.0 Å². The van der Waals surface area contributed by atoms with Crippen molar-refractivity contribution in [3.8, 4) is 11.5 Å². The van der Waals surface area contributed by atoms with Crippen molar-refractivity contribution in [2.75, 3.05) is 13.1 Å². The van der Waals surface area contributed by atoms with E-state index < -0.39 is 0 Å². The highest BCUT2D eigenvalue weighted by molar-refractivity contribution is 8.25. The summed E-state index contributed by atoms with van der Waals surface area (Å²) in [5, 5.41) is 3.28. The molecule has 2 aliphatic heterocycles. The molecule has 0 saturated carbocycles. The summed E-state index contributed by atoms with van der Waals surface area (Å²) in [7, 11) is 0. The molecule has 44 heavy (non-hydrogen) atoms. The predicted molar refractivity (Wildman–Crippen MR) is 180 cm³/mol. The molecule has 3 aromatic carbocycles. The lowest BCUT2D eigenvalue weighted by Crippen LogP contribution is -2.42. The van der Waals surface area contributed by atoms with Gasteiger partial charge in [0.05, 0.1) is 14.0 Å². The molecule has 5 rings (SSSR count). The van der Waals surface area contributed by atoms with Gasteiger partial charge in [0, 0.05) is 13.1 Å². The molecule has 0 unspecified atom stereocenters. The van der Waals surface area contributed by atoms with Crippen LogP contribution in [0.15, 0.2) is 93.4 Å². The van der Waals surface area contributed by atoms with Crippen LogP contribution in [0, 0.1) is 0 Å². The maximum absolute atomic E-state index is 13.7. The molecule has 0 N–H and O–H groups in total. The van der Waals surface area contributed by atoms with Gasteiger partial charge >= 0.3 is 0 Å². The van der Waals surface area contributed by atoms with Gasteiger partial charge in [-0.05, 0) is 59.4 Å². The van der Waals surface area contributed by atoms with Crippen LogP contribution in [0.1, 0.15) is 61.8 Å². The van der Waals surface area contributed by atoms with Crippen LogP contribution >= 0.6 is 23.5 Å². The minimum absolute atomic E-state index is 0.227. The Bertz CT molecular complexity index is 1480. The Hall–Kier alpha value is -3.88. The average Bonchev–Trinajstić information content (AvgIpc) is 3.59. The highest BCUT2D eigenvalue weighted by atomic mass is 32.2. The maximum Gasteiger partial charge on any atom is 0.279 e. The number of amides is 2. The molecule has 0 aromatic heterocycles. The Morgan fingerprint density at radius 1 is 0.705 bits per heavy atom. The number of hydrazine groups is 1. The number of thioether (sulfide) groups is 2. The van der Waals surface area contributed by atoms with Crippen LogP contribution < -0.4 is 9.47 Å². The van der Waals surface area contributed by atoms with Crippen molar-refractivity contribution < 1.29 is 19.1 Å². The van der Waals surface area contributed by atoms with E-state index in [0.717, 1.165) is 57.7 Å². The van der Waals surface area contributed by atoms with Crippen LogP contribution in [-0.4, -0.2) is 34.9 Å². The minimum atomic E-state index is -0.227. The van der Waals surface area contributed by atoms with Crippen molar-refractivity contribution in [2.45, 2.75) is 62.5 Å². The zero-order valence-electron chi connectivity index (χ0n) is 25.3. The molecule has 8 heteroatoms. The van der Waals surface area contributed by atoms with Crippen molar-refractivity contribution in [3.05, 3.63) is 106 Å². The molecule has 0 radical (unpaired) electrons. The van der Waals surface area contributed by atoms with Crippen molar-refractivity contribution in [2.24, 2.45) is 0 Å². The van der Waals surface area contributed by atoms with Gasteiger partial charge in [0.2, 0.25) is 0 Å². The molecule has 2 aliphatic rings. The molecule has 3 aromatic rings. The van der Waals surface area contributed by atoms with Crippen molar-refractivity contribution in [1.82, 2.24) is 10.0 Å². The lowest BCUT2D eigenvalue weighted by atomic mass is 10.1. The van der Waals surface area contributed by atoms with E-state index in [1.807, 2.05) is 72.8 Å². The normalized spacial score (nSPS) is 14.3. The number of hydrogen-bond donors (Lipinski definition) is 0. The molecular weight excluding hydrogens is 589 g/mol. The largest absolute Gasteiger partial charge is 0.488 e. The summed E-state index contributed by atoms with van der Waals surface area (Å²) < 4.78 is 13.4. The first-order chi connectivity index (χ1) is 21.5. The number of benzene rings is 3. The fourth-order valence-corrected chi connectivity index (χ4v) is 7.68. The Morgan fingerprint density at radius 2 is 1.16 bits per heavy atom. The molecule has 0 spiro atoms. The predicted octanol–water partition coefficient (Wildman–Crippen LogP) is 8.73. The first-order valence-corrected chi connectivity index (χ1v) is 16.7. The van der Waals surface area contributed by atoms with Gasteiger partial charge in [-0.3, -0.25) is 9.59 Å². The zero-order chi connectivity index (χ0) is 31.1. The van der Waals surface area contributed by atoms with Crippen molar-refractivity contribution in [1.29, 1.82) is 0 Å². The lowest BCUT2D eigenvalue weighted by molar-refractivity contribution is -0.147. The van der Waals surface area contributed by atoms with Gasteiger partial charge in [0.15, 0.2) is 0 Å². The van der Waals surface area contributed by atoms with Crippen LogP contribution in [0.4, 0.5) is 0 Å². The lowest BCUT2D eigenvalue weighted by Gasteiger charge is -2.27. The van der Waals surface area contributed by atoms with Gasteiger partial charge in [0.1, 0.15) is 30.3 Å². The molecule has 1 fully saturated rings. The van der Waals surface area contributed by atoms with E-state index in [1.54, 1.807) is 10.0 Å². The van der Waals surface area contributed by atoms with E-state index in [0.29, 0.717) is 42.0 Å². The summed E-state index contributed by atoms with van der Waals surface area (Å²) in [6.07, 6.45) is 7.17. The van der Waals surface area contributed by atoms with Crippen LogP contribution in [0.25, 0.3) is 12.2 Å². The number of ether oxygens (including phenoxy) is 2. The van der Waals surface area contributed by atoms with Gasteiger partial charge in [-0.15, -0.1) is 0 Å². The number of fused-ring (bicyclic) bond motifs is 1. The van der Waals surface area contributed by atoms with Gasteiger partial charge in [-0.2, -0.15) is 0 Å². The molecule has 6 nitrogen and oxygen atoms in total. The van der Waals surface area contributed by atoms with Crippen molar-refractivity contribution >= 4 is 47.5 Å². The number of rotatable bonds is 14. The van der Waals surface area contributed by atoms with E-state index in [1.165, 1.54) is 23.5 Å². The van der Waals surface area contributed by atoms with E-state index in [2.05, 4.69) is 27.0 Å². The number of hydrogen-bond acceptors (Lipinski definition) is 6. The fourth-order valence-electron chi connectivity index (χ4n) is 5.00. The Kier molecular flexibility index (Phi) is 10.6. The SMILES string of the molecule is C=Cc1cccc(COc2ccc(OCc3cccc(C=C)c3)c3c2SC(=C2C(=O)N(CCCC)N(CCCC)C2=O)S3)c1. The number of unbranched alkanes of at least 4 members (excludes halogenated alkanes) is 2. The van der Waals surface area contributed by atoms with Gasteiger partial charge in [0.25, 0.3) is 11.8 Å². The fraction of sp³-hybridized carbons (Fsp3) is 0.278. The number of nitrogens with zero attached hydrogens (tertiary/aromatic N) is 2. The van der Waals surface area contributed by atoms with Crippen LogP contribution in [0.2, 0.25) is 0 Å². The molecular formula is C36H38N2O4S2. The van der Waals surface area contributed by atoms with Gasteiger partial charge < -0.3 is 9.47 Å². The quantitative estimate of drug-likeness (QED) is 0.132. The summed E-state index contributed by atoms with van der Waals surface area (Å²) in [6.45, 7) is 13.7. The summed E-state index contributed by atoms with van der Waals surface area (Å²) >= 11 is 2.83. The molecule has 0 bridgehead atoms. The summed E-state index contributed by atoms with van der Waals surface area (Å²) in [5.41, 5.74) is 4.32. The second-order valence-corrected chi connectivity index (χ2v) is 12.9. The molecule has 2 amide bonds. The highest BCUT2D eigenvalue weighted by Crippen LogP contribution is 2.59. The van der Waals surface area contributed by atoms with Crippen LogP contribution in [0.3, 0.4) is 0 Å². The summed E-state index contributed by atoms with van der Waals surface area (Å²) in [6, 6.07) is 19.9. The monoisotopic (exact) mass is 626 g/mol. The average molecular weight is 627 g/mol. The topological polar surface area (TPSA) is 59.1 Å². The summed E-state index contributed by atoms with van der Waals surface area (Å²) in [5.74, 6) is 0.910. The molecule has 0 atom stereocenters. The molecule has 228 valence electrons. The third-order valence-corrected chi connectivity index (χ3v) is 10.1. The molecule has 0 aliphatic carbocycles. The van der Waals surface area contributed by atoms with E-state index in [9.17, 15) is 9.59 Å². The third-order valence-electron chi connectivity index (χ3n) is 7.43.